The number of rotatable bonds is 13. The molecular weight excluding hydrogens is 302 g/mol. The normalized spacial score (nSPS) is 11.7. The first-order chi connectivity index (χ1) is 11.6. The molecule has 132 valence electrons. The highest BCUT2D eigenvalue weighted by Crippen LogP contribution is 2.09. The summed E-state index contributed by atoms with van der Waals surface area (Å²) in [4.78, 5) is 23.3. The Bertz CT molecular complexity index is 499. The number of carboxylic acids is 1. The number of carbonyl (C=O) groups excluding carboxylic acids is 1. The van der Waals surface area contributed by atoms with Crippen LogP contribution >= 0.6 is 0 Å². The molecule has 1 aromatic rings. The molecule has 0 aliphatic carbocycles. The van der Waals surface area contributed by atoms with Crippen LogP contribution in [0.5, 0.6) is 0 Å². The van der Waals surface area contributed by atoms with Crippen molar-refractivity contribution in [3.05, 3.63) is 48.6 Å². The van der Waals surface area contributed by atoms with Crippen LogP contribution in [-0.2, 0) is 16.0 Å². The van der Waals surface area contributed by atoms with Gasteiger partial charge in [0, 0.05) is 12.8 Å². The van der Waals surface area contributed by atoms with E-state index in [1.54, 1.807) is 0 Å². The molecule has 4 nitrogen and oxygen atoms in total. The summed E-state index contributed by atoms with van der Waals surface area (Å²) in [5.74, 6) is -1.17. The van der Waals surface area contributed by atoms with Crippen molar-refractivity contribution in [1.82, 2.24) is 5.32 Å². The maximum atomic E-state index is 11.9. The van der Waals surface area contributed by atoms with E-state index in [0.29, 0.717) is 12.8 Å². The maximum absolute atomic E-state index is 11.9. The van der Waals surface area contributed by atoms with E-state index in [9.17, 15) is 14.7 Å². The number of carbonyl (C=O) groups is 2. The number of benzene rings is 1. The molecule has 0 spiro atoms. The smallest absolute Gasteiger partial charge is 0.326 e. The molecule has 0 heterocycles. The van der Waals surface area contributed by atoms with E-state index in [2.05, 4.69) is 11.9 Å². The molecule has 24 heavy (non-hydrogen) atoms. The Morgan fingerprint density at radius 2 is 1.67 bits per heavy atom. The third kappa shape index (κ3) is 9.13. The third-order valence-electron chi connectivity index (χ3n) is 3.98. The molecule has 0 radical (unpaired) electrons. The molecule has 0 bridgehead atoms. The van der Waals surface area contributed by atoms with E-state index >= 15 is 0 Å². The summed E-state index contributed by atoms with van der Waals surface area (Å²) in [5, 5.41) is 11.9. The monoisotopic (exact) mass is 331 g/mol. The van der Waals surface area contributed by atoms with Gasteiger partial charge in [0.05, 0.1) is 0 Å². The number of hydrogen-bond acceptors (Lipinski definition) is 2. The highest BCUT2D eigenvalue weighted by Gasteiger charge is 2.19. The van der Waals surface area contributed by atoms with Gasteiger partial charge in [-0.15, -0.1) is 6.58 Å². The lowest BCUT2D eigenvalue weighted by molar-refractivity contribution is -0.141. The summed E-state index contributed by atoms with van der Waals surface area (Å²) in [6.45, 7) is 3.70. The van der Waals surface area contributed by atoms with Gasteiger partial charge in [-0.05, 0) is 24.8 Å². The summed E-state index contributed by atoms with van der Waals surface area (Å²) in [6.07, 6.45) is 10.2. The average Bonchev–Trinajstić information content (AvgIpc) is 2.57. The van der Waals surface area contributed by atoms with E-state index in [4.69, 9.17) is 0 Å². The number of allylic oxidation sites excluding steroid dienone is 1. The van der Waals surface area contributed by atoms with Crippen molar-refractivity contribution in [3.63, 3.8) is 0 Å². The molecule has 0 aromatic heterocycles. The molecule has 0 saturated heterocycles. The van der Waals surface area contributed by atoms with Crippen LogP contribution in [0.25, 0.3) is 0 Å². The number of aliphatic carboxylic acids is 1. The minimum Gasteiger partial charge on any atom is -0.480 e. The lowest BCUT2D eigenvalue weighted by Crippen LogP contribution is -2.42. The number of nitrogens with one attached hydrogen (secondary N) is 1. The first-order valence-corrected chi connectivity index (χ1v) is 8.80. The molecule has 0 aliphatic heterocycles. The van der Waals surface area contributed by atoms with E-state index in [1.165, 1.54) is 19.3 Å². The number of carboxylic acid groups (broad SMARTS) is 1. The lowest BCUT2D eigenvalue weighted by Gasteiger charge is -2.14. The zero-order valence-electron chi connectivity index (χ0n) is 14.4. The summed E-state index contributed by atoms with van der Waals surface area (Å²) in [7, 11) is 0. The predicted octanol–water partition coefficient (Wildman–Crippen LogP) is 4.11. The molecule has 0 saturated carbocycles. The molecule has 1 rings (SSSR count). The van der Waals surface area contributed by atoms with Crippen LogP contribution in [0.2, 0.25) is 0 Å². The Morgan fingerprint density at radius 3 is 2.29 bits per heavy atom. The fourth-order valence-corrected chi connectivity index (χ4v) is 2.60. The van der Waals surface area contributed by atoms with Gasteiger partial charge in [0.25, 0.3) is 0 Å². The zero-order valence-corrected chi connectivity index (χ0v) is 14.4. The fraction of sp³-hybridized carbons (Fsp3) is 0.500. The van der Waals surface area contributed by atoms with Crippen molar-refractivity contribution in [2.45, 2.75) is 63.8 Å². The topological polar surface area (TPSA) is 66.4 Å². The average molecular weight is 331 g/mol. The van der Waals surface area contributed by atoms with Crippen LogP contribution in [0.4, 0.5) is 0 Å². The molecule has 1 atom stereocenters. The summed E-state index contributed by atoms with van der Waals surface area (Å²) in [6, 6.07) is 8.49. The Labute approximate surface area is 145 Å². The van der Waals surface area contributed by atoms with E-state index in [-0.39, 0.29) is 5.91 Å². The number of hydrogen-bond donors (Lipinski definition) is 2. The van der Waals surface area contributed by atoms with Gasteiger partial charge >= 0.3 is 5.97 Å². The van der Waals surface area contributed by atoms with Crippen molar-refractivity contribution in [2.24, 2.45) is 0 Å². The van der Waals surface area contributed by atoms with E-state index in [1.807, 2.05) is 36.4 Å². The summed E-state index contributed by atoms with van der Waals surface area (Å²) >= 11 is 0. The molecule has 0 fully saturated rings. The van der Waals surface area contributed by atoms with Crippen LogP contribution < -0.4 is 5.32 Å². The molecule has 0 unspecified atom stereocenters. The third-order valence-corrected chi connectivity index (χ3v) is 3.98. The van der Waals surface area contributed by atoms with Crippen LogP contribution in [0.15, 0.2) is 43.0 Å². The molecule has 0 aliphatic rings. The largest absolute Gasteiger partial charge is 0.480 e. The van der Waals surface area contributed by atoms with Gasteiger partial charge in [0.1, 0.15) is 6.04 Å². The molecule has 4 heteroatoms. The fourth-order valence-electron chi connectivity index (χ4n) is 2.60. The van der Waals surface area contributed by atoms with Crippen LogP contribution in [0, 0.1) is 0 Å². The predicted molar refractivity (Wildman–Crippen MR) is 96.8 cm³/mol. The zero-order chi connectivity index (χ0) is 17.6. The van der Waals surface area contributed by atoms with Gasteiger partial charge in [-0.3, -0.25) is 4.79 Å². The minimum atomic E-state index is -0.991. The molecule has 2 N–H and O–H groups in total. The number of amides is 1. The summed E-state index contributed by atoms with van der Waals surface area (Å²) < 4.78 is 0. The second kappa shape index (κ2) is 12.3. The second-order valence-corrected chi connectivity index (χ2v) is 6.10. The highest BCUT2D eigenvalue weighted by atomic mass is 16.4. The molecular formula is C20H29NO3. The number of unbranched alkanes of at least 4 members (excludes halogenated alkanes) is 6. The van der Waals surface area contributed by atoms with Gasteiger partial charge in [-0.1, -0.05) is 62.1 Å². The first-order valence-electron chi connectivity index (χ1n) is 8.80. The van der Waals surface area contributed by atoms with Crippen LogP contribution in [0.3, 0.4) is 0 Å². The van der Waals surface area contributed by atoms with Crippen molar-refractivity contribution >= 4 is 11.9 Å². The van der Waals surface area contributed by atoms with Gasteiger partial charge < -0.3 is 10.4 Å². The summed E-state index contributed by atoms with van der Waals surface area (Å²) in [5.41, 5.74) is 0.907. The van der Waals surface area contributed by atoms with Crippen molar-refractivity contribution in [1.29, 1.82) is 0 Å². The van der Waals surface area contributed by atoms with Crippen LogP contribution in [-0.4, -0.2) is 23.0 Å². The maximum Gasteiger partial charge on any atom is 0.326 e. The molecule has 1 aromatic carbocycles. The quantitative estimate of drug-likeness (QED) is 0.422. The van der Waals surface area contributed by atoms with Gasteiger partial charge in [0.15, 0.2) is 0 Å². The van der Waals surface area contributed by atoms with Crippen LogP contribution in [0.1, 0.15) is 56.9 Å². The second-order valence-electron chi connectivity index (χ2n) is 6.10. The first kappa shape index (κ1) is 19.9. The van der Waals surface area contributed by atoms with E-state index < -0.39 is 12.0 Å². The van der Waals surface area contributed by atoms with E-state index in [0.717, 1.165) is 31.2 Å². The van der Waals surface area contributed by atoms with Gasteiger partial charge in [-0.25, -0.2) is 4.79 Å². The Balaban J connectivity index is 2.21. The SMILES string of the molecule is C=CCCCCCCCCC(=O)N[C@@H](Cc1ccccc1)C(=O)O. The van der Waals surface area contributed by atoms with Gasteiger partial charge in [0.2, 0.25) is 5.91 Å². The minimum absolute atomic E-state index is 0.176. The van der Waals surface area contributed by atoms with Crippen molar-refractivity contribution in [3.8, 4) is 0 Å². The Kier molecular flexibility index (Phi) is 10.3. The lowest BCUT2D eigenvalue weighted by atomic mass is 10.1. The van der Waals surface area contributed by atoms with Crippen molar-refractivity contribution in [2.75, 3.05) is 0 Å². The Hall–Kier alpha value is -2.10. The molecule has 1 amide bonds. The standard InChI is InChI=1S/C20H29NO3/c1-2-3-4-5-6-7-8-12-15-19(22)21-18(20(23)24)16-17-13-10-9-11-14-17/h2,9-11,13-14,18H,1,3-8,12,15-16H2,(H,21,22)(H,23,24)/t18-/m0/s1. The Morgan fingerprint density at radius 1 is 1.04 bits per heavy atom. The van der Waals surface area contributed by atoms with Gasteiger partial charge in [-0.2, -0.15) is 0 Å². The van der Waals surface area contributed by atoms with Crippen molar-refractivity contribution < 1.29 is 14.7 Å². The highest BCUT2D eigenvalue weighted by molar-refractivity contribution is 5.83.